The van der Waals surface area contributed by atoms with E-state index in [0.29, 0.717) is 13.2 Å². The average molecular weight is 494 g/mol. The zero-order valence-electron chi connectivity index (χ0n) is 14.9. The second-order valence-electron chi connectivity index (χ2n) is 6.06. The molecule has 140 valence electrons. The molecule has 1 heterocycles. The molecule has 0 aliphatic carbocycles. The summed E-state index contributed by atoms with van der Waals surface area (Å²) in [7, 11) is 0. The van der Waals surface area contributed by atoms with Crippen molar-refractivity contribution in [2.75, 3.05) is 13.2 Å². The lowest BCUT2D eigenvalue weighted by Crippen LogP contribution is -2.04. The van der Waals surface area contributed by atoms with Crippen LogP contribution in [0.1, 0.15) is 65.2 Å². The summed E-state index contributed by atoms with van der Waals surface area (Å²) < 4.78 is 19.0. The number of hydrogen-bond donors (Lipinski definition) is 0. The first-order valence-corrected chi connectivity index (χ1v) is 11.4. The van der Waals surface area contributed by atoms with Crippen molar-refractivity contribution >= 4 is 53.6 Å². The van der Waals surface area contributed by atoms with E-state index in [2.05, 4.69) is 55.3 Å². The summed E-state index contributed by atoms with van der Waals surface area (Å²) in [5.74, 6) is 1.50. The molecule has 25 heavy (non-hydrogen) atoms. The molecule has 4 nitrogen and oxygen atoms in total. The Morgan fingerprint density at radius 3 is 1.92 bits per heavy atom. The second-order valence-corrected chi connectivity index (χ2v) is 8.40. The van der Waals surface area contributed by atoms with E-state index in [1.807, 2.05) is 0 Å². The summed E-state index contributed by atoms with van der Waals surface area (Å²) >= 11 is 8.67. The van der Waals surface area contributed by atoms with Crippen LogP contribution in [0.15, 0.2) is 8.95 Å². The van der Waals surface area contributed by atoms with Crippen LogP contribution in [0.2, 0.25) is 0 Å². The van der Waals surface area contributed by atoms with E-state index in [9.17, 15) is 0 Å². The van der Waals surface area contributed by atoms with Gasteiger partial charge in [0.25, 0.3) is 0 Å². The number of hydrogen-bond acceptors (Lipinski definition) is 5. The van der Waals surface area contributed by atoms with Gasteiger partial charge in [0.1, 0.15) is 5.52 Å². The second kappa shape index (κ2) is 11.3. The molecule has 1 aromatic heterocycles. The minimum Gasteiger partial charge on any atom is -0.488 e. The van der Waals surface area contributed by atoms with Gasteiger partial charge in [0.15, 0.2) is 11.5 Å². The zero-order valence-corrected chi connectivity index (χ0v) is 18.9. The molecule has 0 aliphatic heterocycles. The van der Waals surface area contributed by atoms with Gasteiger partial charge in [0.2, 0.25) is 0 Å². The highest BCUT2D eigenvalue weighted by Gasteiger charge is 2.22. The lowest BCUT2D eigenvalue weighted by Gasteiger charge is -2.16. The molecule has 0 aliphatic rings. The van der Waals surface area contributed by atoms with E-state index in [1.54, 1.807) is 0 Å². The number of ether oxygens (including phenoxy) is 2. The van der Waals surface area contributed by atoms with Gasteiger partial charge in [0, 0.05) is 0 Å². The molecule has 0 unspecified atom stereocenters. The molecule has 0 spiro atoms. The van der Waals surface area contributed by atoms with Gasteiger partial charge in [0.05, 0.1) is 26.9 Å². The van der Waals surface area contributed by atoms with Crippen LogP contribution in [0.5, 0.6) is 11.5 Å². The highest BCUT2D eigenvalue weighted by Crippen LogP contribution is 2.48. The van der Waals surface area contributed by atoms with E-state index in [4.69, 9.17) is 9.47 Å². The molecule has 0 saturated carbocycles. The van der Waals surface area contributed by atoms with Gasteiger partial charge < -0.3 is 9.47 Å². The third-order valence-corrected chi connectivity index (χ3v) is 6.49. The van der Waals surface area contributed by atoms with Crippen LogP contribution in [0, 0.1) is 0 Å². The number of benzene rings is 1. The number of nitrogens with zero attached hydrogens (tertiary/aromatic N) is 2. The topological polar surface area (TPSA) is 44.2 Å². The molecular formula is C18H26Br2N2O2S. The van der Waals surface area contributed by atoms with Crippen molar-refractivity contribution in [2.45, 2.75) is 65.2 Å². The van der Waals surface area contributed by atoms with Crippen LogP contribution >= 0.6 is 43.4 Å². The number of unbranched alkanes of at least 4 members (excludes halogenated alkanes) is 6. The molecule has 0 amide bonds. The quantitative estimate of drug-likeness (QED) is 0.295. The minimum atomic E-state index is 0.681. The average Bonchev–Trinajstić information content (AvgIpc) is 3.10. The Kier molecular flexibility index (Phi) is 9.48. The van der Waals surface area contributed by atoms with Gasteiger partial charge in [-0.25, -0.2) is 0 Å². The Morgan fingerprint density at radius 1 is 0.800 bits per heavy atom. The third-order valence-electron chi connectivity index (χ3n) is 3.99. The molecule has 0 fully saturated rings. The van der Waals surface area contributed by atoms with E-state index in [-0.39, 0.29) is 0 Å². The van der Waals surface area contributed by atoms with Crippen molar-refractivity contribution in [2.24, 2.45) is 0 Å². The van der Waals surface area contributed by atoms with Gasteiger partial charge in [-0.15, -0.1) is 5.10 Å². The SMILES string of the molecule is CCCCCCOc1c(OCCCCCC)c(Br)c2snnc2c1Br. The first-order valence-electron chi connectivity index (χ1n) is 9.09. The number of aromatic nitrogens is 2. The summed E-state index contributed by atoms with van der Waals surface area (Å²) in [6.45, 7) is 5.79. The highest BCUT2D eigenvalue weighted by molar-refractivity contribution is 9.11. The minimum absolute atomic E-state index is 0.681. The molecule has 1 aromatic carbocycles. The van der Waals surface area contributed by atoms with Crippen LogP contribution in [0.25, 0.3) is 10.2 Å². The molecule has 0 saturated heterocycles. The van der Waals surface area contributed by atoms with E-state index < -0.39 is 0 Å². The maximum atomic E-state index is 6.10. The predicted molar refractivity (Wildman–Crippen MR) is 112 cm³/mol. The summed E-state index contributed by atoms with van der Waals surface area (Å²) in [5, 5.41) is 4.22. The standard InChI is InChI=1S/C18H26Br2N2O2S/c1-3-5-7-9-11-23-16-13(19)15-18(25-22-21-15)14(20)17(16)24-12-10-8-6-4-2/h3-12H2,1-2H3. The summed E-state index contributed by atoms with van der Waals surface area (Å²) in [6, 6.07) is 0. The largest absolute Gasteiger partial charge is 0.488 e. The van der Waals surface area contributed by atoms with Crippen LogP contribution in [0.4, 0.5) is 0 Å². The van der Waals surface area contributed by atoms with Crippen LogP contribution in [-0.4, -0.2) is 22.8 Å². The van der Waals surface area contributed by atoms with Crippen molar-refractivity contribution in [1.82, 2.24) is 9.59 Å². The molecule has 2 aromatic rings. The van der Waals surface area contributed by atoms with E-state index >= 15 is 0 Å². The van der Waals surface area contributed by atoms with Crippen molar-refractivity contribution < 1.29 is 9.47 Å². The Balaban J connectivity index is 2.13. The van der Waals surface area contributed by atoms with Gasteiger partial charge in [-0.3, -0.25) is 0 Å². The van der Waals surface area contributed by atoms with Crippen LogP contribution in [0.3, 0.4) is 0 Å². The predicted octanol–water partition coefficient (Wildman–Crippen LogP) is 7.13. The molecule has 0 bridgehead atoms. The first-order chi connectivity index (χ1) is 12.2. The summed E-state index contributed by atoms with van der Waals surface area (Å²) in [6.07, 6.45) is 9.39. The maximum absolute atomic E-state index is 6.10. The van der Waals surface area contributed by atoms with Crippen molar-refractivity contribution in [1.29, 1.82) is 0 Å². The molecule has 0 atom stereocenters. The fraction of sp³-hybridized carbons (Fsp3) is 0.667. The maximum Gasteiger partial charge on any atom is 0.178 e. The number of halogens is 2. The van der Waals surface area contributed by atoms with Gasteiger partial charge >= 0.3 is 0 Å². The van der Waals surface area contributed by atoms with Gasteiger partial charge in [-0.2, -0.15) is 0 Å². The summed E-state index contributed by atoms with van der Waals surface area (Å²) in [4.78, 5) is 0. The zero-order chi connectivity index (χ0) is 18.1. The first kappa shape index (κ1) is 20.9. The van der Waals surface area contributed by atoms with Crippen molar-refractivity contribution in [3.63, 3.8) is 0 Å². The van der Waals surface area contributed by atoms with Gasteiger partial charge in [-0.1, -0.05) is 56.9 Å². The van der Waals surface area contributed by atoms with E-state index in [1.165, 1.54) is 50.1 Å². The lowest BCUT2D eigenvalue weighted by atomic mass is 10.2. The fourth-order valence-electron chi connectivity index (χ4n) is 2.55. The normalized spacial score (nSPS) is 11.2. The molecular weight excluding hydrogens is 468 g/mol. The van der Waals surface area contributed by atoms with Crippen LogP contribution < -0.4 is 9.47 Å². The molecule has 0 N–H and O–H groups in total. The molecule has 2 rings (SSSR count). The highest BCUT2D eigenvalue weighted by atomic mass is 79.9. The third kappa shape index (κ3) is 5.79. The lowest BCUT2D eigenvalue weighted by molar-refractivity contribution is 0.257. The Hall–Kier alpha value is -0.400. The summed E-state index contributed by atoms with van der Waals surface area (Å²) in [5.41, 5.74) is 0.818. The van der Waals surface area contributed by atoms with Crippen molar-refractivity contribution in [3.8, 4) is 11.5 Å². The van der Waals surface area contributed by atoms with Gasteiger partial charge in [-0.05, 0) is 56.2 Å². The van der Waals surface area contributed by atoms with Crippen LogP contribution in [-0.2, 0) is 0 Å². The molecule has 0 radical (unpaired) electrons. The Morgan fingerprint density at radius 2 is 1.36 bits per heavy atom. The molecule has 7 heteroatoms. The number of rotatable bonds is 12. The Labute approximate surface area is 171 Å². The van der Waals surface area contributed by atoms with Crippen molar-refractivity contribution in [3.05, 3.63) is 8.95 Å². The Bertz CT molecular complexity index is 610. The smallest absolute Gasteiger partial charge is 0.178 e. The number of fused-ring (bicyclic) bond motifs is 1. The fourth-order valence-corrected chi connectivity index (χ4v) is 4.56. The monoisotopic (exact) mass is 492 g/mol. The van der Waals surface area contributed by atoms with E-state index in [0.717, 1.165) is 43.5 Å².